The van der Waals surface area contributed by atoms with Crippen molar-refractivity contribution in [2.24, 2.45) is 0 Å². The van der Waals surface area contributed by atoms with Gasteiger partial charge in [0.05, 0.1) is 89.1 Å². The van der Waals surface area contributed by atoms with Crippen LogP contribution in [-0.4, -0.2) is 18.3 Å². The molecule has 17 heteroatoms. The SMILES string of the molecule is N#Cc1c(-n2c3ccccc3c3ccc(C(F)(F)F)cc32)c(-n2c3ccccc3c3ccc(C(F)(F)F)cc32)cc(-n2c3ccccc3c3ccc(C(F)(F)F)cc32)c1-n1c2ccccc2c2ccc(C(F)(F)F)cc21. The van der Waals surface area contributed by atoms with Crippen LogP contribution in [-0.2, 0) is 24.7 Å². The third-order valence-electron chi connectivity index (χ3n) is 14.3. The monoisotopic (exact) mass is 1040 g/mol. The molecule has 0 N–H and O–H groups in total. The van der Waals surface area contributed by atoms with Crippen molar-refractivity contribution in [1.29, 1.82) is 5.26 Å². The molecule has 76 heavy (non-hydrogen) atoms. The summed E-state index contributed by atoms with van der Waals surface area (Å²) in [6, 6.07) is 41.9. The average molecular weight is 1040 g/mol. The molecule has 0 amide bonds. The van der Waals surface area contributed by atoms with Gasteiger partial charge in [0.1, 0.15) is 11.6 Å². The number of nitriles is 1. The molecule has 0 unspecified atom stereocenters. The predicted molar refractivity (Wildman–Crippen MR) is 269 cm³/mol. The third kappa shape index (κ3) is 6.82. The minimum atomic E-state index is -4.92. The Morgan fingerprint density at radius 3 is 0.776 bits per heavy atom. The summed E-state index contributed by atoms with van der Waals surface area (Å²) in [6.07, 6.45) is -19.7. The standard InChI is InChI=1S/C59H29F12N5/c60-56(61,62)31-17-21-39-35-9-1-5-13-44(35)73(48(39)25-31)52-29-53(74-45-14-6-2-10-36(45)40-22-18-32(26-49(40)74)57(63,64)65)55(76-47-16-8-4-12-38(47)42-24-20-34(28-51(42)76)59(69,70)71)43(30-72)54(52)75-46-15-7-3-11-37(46)41-23-19-33(27-50(41)75)58(66,67)68/h1-29H. The second-order valence-corrected chi connectivity index (χ2v) is 18.4. The van der Waals surface area contributed by atoms with Crippen molar-refractivity contribution in [2.45, 2.75) is 24.7 Å². The van der Waals surface area contributed by atoms with Gasteiger partial charge in [-0.25, -0.2) is 0 Å². The fraction of sp³-hybridized carbons (Fsp3) is 0.0678. The van der Waals surface area contributed by atoms with Gasteiger partial charge in [-0.2, -0.15) is 57.9 Å². The van der Waals surface area contributed by atoms with E-state index in [1.54, 1.807) is 97.1 Å². The first-order valence-electron chi connectivity index (χ1n) is 23.3. The van der Waals surface area contributed by atoms with Crippen molar-refractivity contribution in [3.05, 3.63) is 204 Å². The zero-order valence-electron chi connectivity index (χ0n) is 38.5. The molecule has 0 spiro atoms. The summed E-state index contributed by atoms with van der Waals surface area (Å²) in [7, 11) is 0. The molecular formula is C59H29F12N5. The van der Waals surface area contributed by atoms with Gasteiger partial charge in [0.15, 0.2) is 0 Å². The van der Waals surface area contributed by atoms with Crippen LogP contribution in [0.3, 0.4) is 0 Å². The van der Waals surface area contributed by atoms with Gasteiger partial charge >= 0.3 is 24.7 Å². The lowest BCUT2D eigenvalue weighted by Gasteiger charge is -2.25. The maximum atomic E-state index is 15.0. The second kappa shape index (κ2) is 15.9. The van der Waals surface area contributed by atoms with Gasteiger partial charge in [0.2, 0.25) is 0 Å². The number of halogens is 12. The maximum Gasteiger partial charge on any atom is 0.416 e. The second-order valence-electron chi connectivity index (χ2n) is 18.4. The molecule has 0 fully saturated rings. The van der Waals surface area contributed by atoms with Crippen LogP contribution >= 0.6 is 0 Å². The highest BCUT2D eigenvalue weighted by Gasteiger charge is 2.37. The maximum absolute atomic E-state index is 15.0. The molecule has 0 radical (unpaired) electrons. The Hall–Kier alpha value is -9.17. The summed E-state index contributed by atoms with van der Waals surface area (Å²) in [5, 5.41) is 14.9. The Kier molecular flexibility index (Phi) is 9.76. The molecule has 5 nitrogen and oxygen atoms in total. The smallest absolute Gasteiger partial charge is 0.307 e. The molecule has 0 bridgehead atoms. The van der Waals surface area contributed by atoms with E-state index in [0.29, 0.717) is 21.5 Å². The summed E-state index contributed by atoms with van der Waals surface area (Å²) in [5.74, 6) is 0. The average Bonchev–Trinajstić information content (AvgIpc) is 4.30. The van der Waals surface area contributed by atoms with Gasteiger partial charge in [-0.05, 0) is 78.9 Å². The van der Waals surface area contributed by atoms with E-state index in [0.717, 1.165) is 48.5 Å². The fourth-order valence-electron chi connectivity index (χ4n) is 11.1. The van der Waals surface area contributed by atoms with Crippen LogP contribution in [0.2, 0.25) is 0 Å². The van der Waals surface area contributed by atoms with Gasteiger partial charge in [0, 0.05) is 43.1 Å². The van der Waals surface area contributed by atoms with Crippen LogP contribution in [0.4, 0.5) is 52.7 Å². The van der Waals surface area contributed by atoms with Crippen LogP contribution in [0, 0.1) is 11.3 Å². The van der Waals surface area contributed by atoms with Crippen molar-refractivity contribution in [3.8, 4) is 28.8 Å². The van der Waals surface area contributed by atoms with E-state index < -0.39 is 52.5 Å². The summed E-state index contributed by atoms with van der Waals surface area (Å²) in [5.41, 5.74) is -4.92. The number of rotatable bonds is 4. The Morgan fingerprint density at radius 2 is 0.513 bits per heavy atom. The molecule has 13 aromatic rings. The number of alkyl halides is 12. The van der Waals surface area contributed by atoms with Gasteiger partial charge in [-0.3, -0.25) is 0 Å². The highest BCUT2D eigenvalue weighted by Crippen LogP contribution is 2.49. The number of aromatic nitrogens is 4. The Bertz CT molecular complexity index is 4380. The first-order chi connectivity index (χ1) is 36.2. The largest absolute Gasteiger partial charge is 0.416 e. The molecule has 0 saturated heterocycles. The number of nitrogens with zero attached hydrogens (tertiary/aromatic N) is 5. The summed E-state index contributed by atoms with van der Waals surface area (Å²) in [6.45, 7) is 0. The van der Waals surface area contributed by atoms with Gasteiger partial charge in [0.25, 0.3) is 0 Å². The number of benzene rings is 9. The molecule has 0 aliphatic carbocycles. The predicted octanol–water partition coefficient (Wildman–Crippen LogP) is 18.0. The molecule has 0 saturated carbocycles. The highest BCUT2D eigenvalue weighted by atomic mass is 19.4. The minimum Gasteiger partial charge on any atom is -0.307 e. The van der Waals surface area contributed by atoms with Crippen LogP contribution in [0.15, 0.2) is 176 Å². The van der Waals surface area contributed by atoms with E-state index in [4.69, 9.17) is 0 Å². The first-order valence-corrected chi connectivity index (χ1v) is 23.3. The fourth-order valence-corrected chi connectivity index (χ4v) is 11.1. The summed E-state index contributed by atoms with van der Waals surface area (Å²) >= 11 is 0. The van der Waals surface area contributed by atoms with E-state index in [-0.39, 0.29) is 88.4 Å². The zero-order chi connectivity index (χ0) is 53.0. The number of fused-ring (bicyclic) bond motifs is 12. The van der Waals surface area contributed by atoms with Gasteiger partial charge in [-0.1, -0.05) is 97.1 Å². The summed E-state index contributed by atoms with van der Waals surface area (Å²) in [4.78, 5) is 0. The van der Waals surface area contributed by atoms with Crippen LogP contribution in [0.25, 0.3) is 110 Å². The van der Waals surface area contributed by atoms with E-state index in [1.807, 2.05) is 0 Å². The van der Waals surface area contributed by atoms with Crippen LogP contribution in [0.1, 0.15) is 27.8 Å². The third-order valence-corrected chi connectivity index (χ3v) is 14.3. The summed E-state index contributed by atoms with van der Waals surface area (Å²) < 4.78 is 185. The molecule has 374 valence electrons. The van der Waals surface area contributed by atoms with E-state index in [2.05, 4.69) is 6.07 Å². The van der Waals surface area contributed by atoms with Crippen LogP contribution < -0.4 is 0 Å². The van der Waals surface area contributed by atoms with E-state index in [9.17, 15) is 57.9 Å². The molecule has 0 aliphatic heterocycles. The Labute approximate surface area is 419 Å². The van der Waals surface area contributed by atoms with Crippen molar-refractivity contribution in [3.63, 3.8) is 0 Å². The lowest BCUT2D eigenvalue weighted by atomic mass is 10.0. The van der Waals surface area contributed by atoms with Crippen molar-refractivity contribution >= 4 is 87.2 Å². The van der Waals surface area contributed by atoms with E-state index in [1.165, 1.54) is 48.6 Å². The van der Waals surface area contributed by atoms with Gasteiger partial charge < -0.3 is 18.3 Å². The number of hydrogen-bond acceptors (Lipinski definition) is 1. The lowest BCUT2D eigenvalue weighted by molar-refractivity contribution is -0.138. The molecule has 13 rings (SSSR count). The van der Waals surface area contributed by atoms with Crippen LogP contribution in [0.5, 0.6) is 0 Å². The molecular weight excluding hydrogens is 1010 g/mol. The first kappa shape index (κ1) is 46.6. The number of hydrogen-bond donors (Lipinski definition) is 0. The molecule has 4 aromatic heterocycles. The topological polar surface area (TPSA) is 43.5 Å². The number of para-hydroxylation sites is 4. The Balaban J connectivity index is 1.35. The normalized spacial score (nSPS) is 13.0. The van der Waals surface area contributed by atoms with E-state index >= 15 is 0 Å². The van der Waals surface area contributed by atoms with Gasteiger partial charge in [-0.15, -0.1) is 0 Å². The Morgan fingerprint density at radius 1 is 0.276 bits per heavy atom. The molecule has 0 aliphatic rings. The molecule has 4 heterocycles. The zero-order valence-corrected chi connectivity index (χ0v) is 38.5. The lowest BCUT2D eigenvalue weighted by Crippen LogP contribution is -2.14. The quantitative estimate of drug-likeness (QED) is 0.162. The van der Waals surface area contributed by atoms with Crippen molar-refractivity contribution < 1.29 is 52.7 Å². The molecule has 9 aromatic carbocycles. The highest BCUT2D eigenvalue weighted by molar-refractivity contribution is 6.15. The minimum absolute atomic E-state index is 0.0788. The van der Waals surface area contributed by atoms with Crippen molar-refractivity contribution in [2.75, 3.05) is 0 Å². The van der Waals surface area contributed by atoms with Crippen molar-refractivity contribution in [1.82, 2.24) is 18.3 Å². The molecule has 0 atom stereocenters.